The number of hydrogen-bond acceptors (Lipinski definition) is 4. The Balaban J connectivity index is 1.84. The zero-order chi connectivity index (χ0) is 17.3. The third kappa shape index (κ3) is 5.44. The molecule has 0 N–H and O–H groups in total. The first-order valence-electron chi connectivity index (χ1n) is 7.55. The van der Waals surface area contributed by atoms with Crippen LogP contribution >= 0.6 is 0 Å². The van der Waals surface area contributed by atoms with E-state index in [-0.39, 0.29) is 24.8 Å². The Hall–Kier alpha value is -1.73. The number of halogens is 3. The molecule has 8 heteroatoms. The molecule has 1 aromatic rings. The van der Waals surface area contributed by atoms with Crippen molar-refractivity contribution in [3.8, 4) is 5.88 Å². The molecule has 1 aliphatic rings. The van der Waals surface area contributed by atoms with Crippen molar-refractivity contribution in [2.75, 3.05) is 6.61 Å². The highest BCUT2D eigenvalue weighted by atomic mass is 19.4. The SMILES string of the molecule is CC(C)(C)OC(=O)n1ccc(OCCC(C2CC2)C(F)(F)F)n1. The summed E-state index contributed by atoms with van der Waals surface area (Å²) in [6, 6.07) is 1.42. The van der Waals surface area contributed by atoms with Crippen molar-refractivity contribution >= 4 is 6.09 Å². The smallest absolute Gasteiger partial charge is 0.435 e. The van der Waals surface area contributed by atoms with E-state index >= 15 is 0 Å². The van der Waals surface area contributed by atoms with Gasteiger partial charge in [-0.05, 0) is 46.0 Å². The molecule has 1 aromatic heterocycles. The summed E-state index contributed by atoms with van der Waals surface area (Å²) in [6.07, 6.45) is -2.37. The van der Waals surface area contributed by atoms with Gasteiger partial charge in [0, 0.05) is 12.3 Å². The van der Waals surface area contributed by atoms with Crippen LogP contribution in [0.25, 0.3) is 0 Å². The standard InChI is InChI=1S/C15H21F3N2O3/c1-14(2,3)23-13(21)20-8-6-12(19-20)22-9-7-11(10-4-5-10)15(16,17)18/h6,8,10-11H,4-5,7,9H2,1-3H3. The van der Waals surface area contributed by atoms with Crippen LogP contribution in [-0.2, 0) is 4.74 Å². The quantitative estimate of drug-likeness (QED) is 0.816. The average molecular weight is 334 g/mol. The summed E-state index contributed by atoms with van der Waals surface area (Å²) in [7, 11) is 0. The fraction of sp³-hybridized carbons (Fsp3) is 0.733. The normalized spacial score (nSPS) is 17.0. The lowest BCUT2D eigenvalue weighted by atomic mass is 10.00. The molecular formula is C15H21F3N2O3. The van der Waals surface area contributed by atoms with Gasteiger partial charge in [0.25, 0.3) is 0 Å². The summed E-state index contributed by atoms with van der Waals surface area (Å²) in [4.78, 5) is 11.8. The molecule has 0 radical (unpaired) electrons. The third-order valence-corrected chi connectivity index (χ3v) is 3.44. The van der Waals surface area contributed by atoms with Gasteiger partial charge >= 0.3 is 12.3 Å². The van der Waals surface area contributed by atoms with Gasteiger partial charge in [-0.1, -0.05) is 0 Å². The molecule has 0 bridgehead atoms. The molecule has 0 aromatic carbocycles. The lowest BCUT2D eigenvalue weighted by Crippen LogP contribution is -2.27. The van der Waals surface area contributed by atoms with E-state index in [0.29, 0.717) is 12.8 Å². The lowest BCUT2D eigenvalue weighted by Gasteiger charge is -2.19. The number of nitrogens with zero attached hydrogens (tertiary/aromatic N) is 2. The summed E-state index contributed by atoms with van der Waals surface area (Å²) < 4.78 is 49.9. The van der Waals surface area contributed by atoms with Crippen LogP contribution in [0.5, 0.6) is 5.88 Å². The number of ether oxygens (including phenoxy) is 2. The van der Waals surface area contributed by atoms with E-state index in [1.165, 1.54) is 12.3 Å². The van der Waals surface area contributed by atoms with E-state index in [1.54, 1.807) is 20.8 Å². The monoisotopic (exact) mass is 334 g/mol. The first-order valence-corrected chi connectivity index (χ1v) is 7.55. The molecule has 0 amide bonds. The molecule has 1 heterocycles. The molecule has 2 rings (SSSR count). The Bertz CT molecular complexity index is 545. The van der Waals surface area contributed by atoms with Crippen molar-refractivity contribution in [2.45, 2.75) is 51.8 Å². The third-order valence-electron chi connectivity index (χ3n) is 3.44. The van der Waals surface area contributed by atoms with Crippen LogP contribution in [0.4, 0.5) is 18.0 Å². The van der Waals surface area contributed by atoms with Crippen LogP contribution in [0.1, 0.15) is 40.0 Å². The predicted molar refractivity (Wildman–Crippen MR) is 76.2 cm³/mol. The van der Waals surface area contributed by atoms with Gasteiger partial charge in [-0.15, -0.1) is 5.10 Å². The predicted octanol–water partition coefficient (Wildman–Crippen LogP) is 4.02. The van der Waals surface area contributed by atoms with Crippen molar-refractivity contribution in [2.24, 2.45) is 11.8 Å². The summed E-state index contributed by atoms with van der Waals surface area (Å²) in [5, 5.41) is 3.85. The molecule has 1 unspecified atom stereocenters. The molecule has 1 fully saturated rings. The number of alkyl halides is 3. The zero-order valence-corrected chi connectivity index (χ0v) is 13.4. The molecule has 0 saturated heterocycles. The second-order valence-corrected chi connectivity index (χ2v) is 6.70. The van der Waals surface area contributed by atoms with Gasteiger partial charge in [-0.25, -0.2) is 4.79 Å². The van der Waals surface area contributed by atoms with Crippen LogP contribution in [0, 0.1) is 11.8 Å². The van der Waals surface area contributed by atoms with Gasteiger partial charge in [0.15, 0.2) is 0 Å². The average Bonchev–Trinajstić information content (AvgIpc) is 3.08. The molecule has 0 spiro atoms. The van der Waals surface area contributed by atoms with Crippen molar-refractivity contribution in [3.63, 3.8) is 0 Å². The number of carbonyl (C=O) groups is 1. The van der Waals surface area contributed by atoms with Crippen LogP contribution in [0.15, 0.2) is 12.3 Å². The van der Waals surface area contributed by atoms with E-state index < -0.39 is 23.8 Å². The second kappa shape index (κ2) is 6.41. The fourth-order valence-corrected chi connectivity index (χ4v) is 2.25. The molecular weight excluding hydrogens is 313 g/mol. The maximum Gasteiger partial charge on any atom is 0.435 e. The Labute approximate surface area is 132 Å². The van der Waals surface area contributed by atoms with Gasteiger partial charge in [-0.3, -0.25) is 0 Å². The Morgan fingerprint density at radius 3 is 2.57 bits per heavy atom. The molecule has 130 valence electrons. The van der Waals surface area contributed by atoms with Gasteiger partial charge in [-0.2, -0.15) is 17.9 Å². The van der Waals surface area contributed by atoms with Crippen molar-refractivity contribution < 1.29 is 27.4 Å². The van der Waals surface area contributed by atoms with E-state index in [0.717, 1.165) is 4.68 Å². The molecule has 1 saturated carbocycles. The highest BCUT2D eigenvalue weighted by Crippen LogP contribution is 2.46. The molecule has 1 atom stereocenters. The van der Waals surface area contributed by atoms with E-state index in [9.17, 15) is 18.0 Å². The zero-order valence-electron chi connectivity index (χ0n) is 13.4. The van der Waals surface area contributed by atoms with Crippen molar-refractivity contribution in [1.82, 2.24) is 9.78 Å². The van der Waals surface area contributed by atoms with E-state index in [2.05, 4.69) is 5.10 Å². The van der Waals surface area contributed by atoms with Gasteiger partial charge in [0.05, 0.1) is 12.5 Å². The van der Waals surface area contributed by atoms with Gasteiger partial charge in [0.1, 0.15) is 5.60 Å². The van der Waals surface area contributed by atoms with Gasteiger partial charge < -0.3 is 9.47 Å². The first kappa shape index (κ1) is 17.6. The van der Waals surface area contributed by atoms with Crippen LogP contribution in [0.2, 0.25) is 0 Å². The number of aromatic nitrogens is 2. The summed E-state index contributed by atoms with van der Waals surface area (Å²) in [6.45, 7) is 5.08. The second-order valence-electron chi connectivity index (χ2n) is 6.70. The highest BCUT2D eigenvalue weighted by Gasteiger charge is 2.48. The maximum atomic E-state index is 12.9. The number of rotatable bonds is 5. The Morgan fingerprint density at radius 2 is 2.04 bits per heavy atom. The summed E-state index contributed by atoms with van der Waals surface area (Å²) >= 11 is 0. The highest BCUT2D eigenvalue weighted by molar-refractivity contribution is 5.69. The largest absolute Gasteiger partial charge is 0.477 e. The first-order chi connectivity index (χ1) is 10.6. The minimum absolute atomic E-state index is 0.0913. The van der Waals surface area contributed by atoms with Crippen molar-refractivity contribution in [1.29, 1.82) is 0 Å². The Kier molecular flexibility index (Phi) is 4.91. The van der Waals surface area contributed by atoms with Crippen LogP contribution in [0.3, 0.4) is 0 Å². The molecule has 1 aliphatic carbocycles. The van der Waals surface area contributed by atoms with E-state index in [1.807, 2.05) is 0 Å². The minimum atomic E-state index is -4.19. The molecule has 5 nitrogen and oxygen atoms in total. The number of carbonyl (C=O) groups excluding carboxylic acids is 1. The van der Waals surface area contributed by atoms with Crippen LogP contribution in [-0.4, -0.2) is 34.3 Å². The fourth-order valence-electron chi connectivity index (χ4n) is 2.25. The van der Waals surface area contributed by atoms with Crippen molar-refractivity contribution in [3.05, 3.63) is 12.3 Å². The summed E-state index contributed by atoms with van der Waals surface area (Å²) in [5.74, 6) is -1.50. The molecule has 0 aliphatic heterocycles. The van der Waals surface area contributed by atoms with Gasteiger partial charge in [0.2, 0.25) is 5.88 Å². The lowest BCUT2D eigenvalue weighted by molar-refractivity contribution is -0.183. The maximum absolute atomic E-state index is 12.9. The topological polar surface area (TPSA) is 53.4 Å². The van der Waals surface area contributed by atoms with Crippen LogP contribution < -0.4 is 4.74 Å². The minimum Gasteiger partial charge on any atom is -0.477 e. The number of hydrogen-bond donors (Lipinski definition) is 0. The van der Waals surface area contributed by atoms with E-state index in [4.69, 9.17) is 9.47 Å². The summed E-state index contributed by atoms with van der Waals surface area (Å²) in [5.41, 5.74) is -0.658. The Morgan fingerprint density at radius 1 is 1.39 bits per heavy atom. The molecule has 23 heavy (non-hydrogen) atoms.